The summed E-state index contributed by atoms with van der Waals surface area (Å²) in [7, 11) is 4.02. The molecule has 3 rings (SSSR count). The molecule has 2 fully saturated rings. The highest BCUT2D eigenvalue weighted by atomic mass is 16.2. The summed E-state index contributed by atoms with van der Waals surface area (Å²) in [6, 6.07) is 8.19. The third-order valence-electron chi connectivity index (χ3n) is 4.95. The lowest BCUT2D eigenvalue weighted by Gasteiger charge is -2.32. The SMILES string of the molecule is CN(C)c1ccc(CNC(=O)[C@@H]2CCCN(C(=O)C3CC3)C2)cc1. The molecule has 1 aromatic carbocycles. The van der Waals surface area contributed by atoms with Gasteiger partial charge in [0, 0.05) is 45.3 Å². The second-order valence-electron chi connectivity index (χ2n) is 7.18. The maximum absolute atomic E-state index is 12.4. The van der Waals surface area contributed by atoms with Crippen molar-refractivity contribution in [2.45, 2.75) is 32.2 Å². The van der Waals surface area contributed by atoms with Crippen LogP contribution in [0.3, 0.4) is 0 Å². The van der Waals surface area contributed by atoms with Gasteiger partial charge in [0.05, 0.1) is 5.92 Å². The second-order valence-corrected chi connectivity index (χ2v) is 7.18. The molecule has 0 unspecified atom stereocenters. The second kappa shape index (κ2) is 7.24. The first-order chi connectivity index (χ1) is 11.5. The molecule has 0 aromatic heterocycles. The van der Waals surface area contributed by atoms with Crippen molar-refractivity contribution in [1.29, 1.82) is 0 Å². The van der Waals surface area contributed by atoms with E-state index in [9.17, 15) is 9.59 Å². The van der Waals surface area contributed by atoms with E-state index in [-0.39, 0.29) is 23.7 Å². The van der Waals surface area contributed by atoms with E-state index in [1.54, 1.807) is 0 Å². The number of nitrogens with zero attached hydrogens (tertiary/aromatic N) is 2. The molecule has 5 nitrogen and oxygen atoms in total. The van der Waals surface area contributed by atoms with Gasteiger partial charge in [-0.25, -0.2) is 0 Å². The number of hydrogen-bond acceptors (Lipinski definition) is 3. The summed E-state index contributed by atoms with van der Waals surface area (Å²) in [6.07, 6.45) is 3.85. The fraction of sp³-hybridized carbons (Fsp3) is 0.579. The van der Waals surface area contributed by atoms with Gasteiger partial charge in [0.25, 0.3) is 0 Å². The van der Waals surface area contributed by atoms with E-state index in [0.29, 0.717) is 13.1 Å². The Morgan fingerprint density at radius 2 is 1.83 bits per heavy atom. The molecule has 2 aliphatic rings. The summed E-state index contributed by atoms with van der Waals surface area (Å²) in [4.78, 5) is 28.6. The van der Waals surface area contributed by atoms with Gasteiger partial charge in [-0.05, 0) is 43.4 Å². The van der Waals surface area contributed by atoms with Gasteiger partial charge in [-0.1, -0.05) is 12.1 Å². The van der Waals surface area contributed by atoms with Gasteiger partial charge in [-0.3, -0.25) is 9.59 Å². The smallest absolute Gasteiger partial charge is 0.225 e. The van der Waals surface area contributed by atoms with E-state index in [4.69, 9.17) is 0 Å². The zero-order valence-electron chi connectivity index (χ0n) is 14.6. The van der Waals surface area contributed by atoms with Crippen LogP contribution in [0.25, 0.3) is 0 Å². The Morgan fingerprint density at radius 1 is 1.12 bits per heavy atom. The molecular weight excluding hydrogens is 302 g/mol. The molecule has 2 amide bonds. The Hall–Kier alpha value is -2.04. The first-order valence-corrected chi connectivity index (χ1v) is 8.87. The Bertz CT molecular complexity index is 593. The van der Waals surface area contributed by atoms with Crippen LogP contribution in [0, 0.1) is 11.8 Å². The molecule has 1 saturated heterocycles. The minimum absolute atomic E-state index is 0.0671. The summed E-state index contributed by atoms with van der Waals surface area (Å²) >= 11 is 0. The van der Waals surface area contributed by atoms with Gasteiger partial charge in [0.2, 0.25) is 11.8 Å². The van der Waals surface area contributed by atoms with Crippen LogP contribution in [0.4, 0.5) is 5.69 Å². The molecule has 1 aliphatic heterocycles. The van der Waals surface area contributed by atoms with Gasteiger partial charge in [0.1, 0.15) is 0 Å². The number of hydrogen-bond donors (Lipinski definition) is 1. The summed E-state index contributed by atoms with van der Waals surface area (Å²) < 4.78 is 0. The molecule has 1 saturated carbocycles. The third-order valence-corrected chi connectivity index (χ3v) is 4.95. The first-order valence-electron chi connectivity index (χ1n) is 8.87. The minimum atomic E-state index is -0.0671. The molecule has 1 aromatic rings. The zero-order valence-corrected chi connectivity index (χ0v) is 14.6. The molecule has 130 valence electrons. The summed E-state index contributed by atoms with van der Waals surface area (Å²) in [5, 5.41) is 3.03. The zero-order chi connectivity index (χ0) is 17.1. The fourth-order valence-electron chi connectivity index (χ4n) is 3.23. The molecular formula is C19H27N3O2. The van der Waals surface area contributed by atoms with E-state index < -0.39 is 0 Å². The molecule has 1 atom stereocenters. The molecule has 1 heterocycles. The van der Waals surface area contributed by atoms with Crippen molar-refractivity contribution in [3.05, 3.63) is 29.8 Å². The molecule has 0 spiro atoms. The Balaban J connectivity index is 1.49. The normalized spacial score (nSPS) is 20.6. The minimum Gasteiger partial charge on any atom is -0.378 e. The summed E-state index contributed by atoms with van der Waals surface area (Å²) in [5.41, 5.74) is 2.24. The topological polar surface area (TPSA) is 52.7 Å². The van der Waals surface area contributed by atoms with E-state index in [2.05, 4.69) is 22.3 Å². The molecule has 0 bridgehead atoms. The predicted octanol–water partition coefficient (Wildman–Crippen LogP) is 2.02. The highest BCUT2D eigenvalue weighted by Crippen LogP contribution is 2.32. The van der Waals surface area contributed by atoms with Crippen LogP contribution in [-0.4, -0.2) is 43.9 Å². The third kappa shape index (κ3) is 4.08. The Labute approximate surface area is 144 Å². The van der Waals surface area contributed by atoms with Gasteiger partial charge in [0.15, 0.2) is 0 Å². The standard InChI is InChI=1S/C19H27N3O2/c1-21(2)17-9-5-14(6-10-17)12-20-18(23)16-4-3-11-22(13-16)19(24)15-7-8-15/h5-6,9-10,15-16H,3-4,7-8,11-13H2,1-2H3,(H,20,23)/t16-/m1/s1. The van der Waals surface area contributed by atoms with Crippen molar-refractivity contribution in [2.24, 2.45) is 11.8 Å². The van der Waals surface area contributed by atoms with Crippen LogP contribution < -0.4 is 10.2 Å². The van der Waals surface area contributed by atoms with Crippen LogP contribution >= 0.6 is 0 Å². The number of nitrogens with one attached hydrogen (secondary N) is 1. The highest BCUT2D eigenvalue weighted by Gasteiger charge is 2.36. The lowest BCUT2D eigenvalue weighted by Crippen LogP contribution is -2.45. The summed E-state index contributed by atoms with van der Waals surface area (Å²) in [5.74, 6) is 0.497. The molecule has 1 aliphatic carbocycles. The van der Waals surface area contributed by atoms with E-state index in [1.165, 1.54) is 0 Å². The van der Waals surface area contributed by atoms with Crippen molar-refractivity contribution in [3.8, 4) is 0 Å². The fourth-order valence-corrected chi connectivity index (χ4v) is 3.23. The van der Waals surface area contributed by atoms with E-state index >= 15 is 0 Å². The molecule has 1 N–H and O–H groups in total. The van der Waals surface area contributed by atoms with Gasteiger partial charge >= 0.3 is 0 Å². The van der Waals surface area contributed by atoms with Crippen molar-refractivity contribution in [3.63, 3.8) is 0 Å². The number of likely N-dealkylation sites (tertiary alicyclic amines) is 1. The molecule has 0 radical (unpaired) electrons. The number of carbonyl (C=O) groups is 2. The van der Waals surface area contributed by atoms with Crippen LogP contribution in [-0.2, 0) is 16.1 Å². The average Bonchev–Trinajstić information content (AvgIpc) is 3.44. The van der Waals surface area contributed by atoms with Crippen molar-refractivity contribution < 1.29 is 9.59 Å². The predicted molar refractivity (Wildman–Crippen MR) is 94.6 cm³/mol. The first kappa shape index (κ1) is 16.8. The van der Waals surface area contributed by atoms with Crippen molar-refractivity contribution >= 4 is 17.5 Å². The number of piperidine rings is 1. The lowest BCUT2D eigenvalue weighted by atomic mass is 9.96. The maximum atomic E-state index is 12.4. The van der Waals surface area contributed by atoms with Crippen molar-refractivity contribution in [1.82, 2.24) is 10.2 Å². The Morgan fingerprint density at radius 3 is 2.46 bits per heavy atom. The number of benzene rings is 1. The van der Waals surface area contributed by atoms with Crippen LogP contribution in [0.15, 0.2) is 24.3 Å². The largest absolute Gasteiger partial charge is 0.378 e. The van der Waals surface area contributed by atoms with Crippen LogP contribution in [0.1, 0.15) is 31.2 Å². The van der Waals surface area contributed by atoms with Crippen LogP contribution in [0.5, 0.6) is 0 Å². The van der Waals surface area contributed by atoms with Gasteiger partial charge in [-0.15, -0.1) is 0 Å². The van der Waals surface area contributed by atoms with Gasteiger partial charge < -0.3 is 15.1 Å². The van der Waals surface area contributed by atoms with E-state index in [1.807, 2.05) is 31.1 Å². The van der Waals surface area contributed by atoms with Crippen molar-refractivity contribution in [2.75, 3.05) is 32.1 Å². The molecule has 5 heteroatoms. The summed E-state index contributed by atoms with van der Waals surface area (Å²) in [6.45, 7) is 1.94. The Kier molecular flexibility index (Phi) is 5.07. The van der Waals surface area contributed by atoms with Gasteiger partial charge in [-0.2, -0.15) is 0 Å². The van der Waals surface area contributed by atoms with E-state index in [0.717, 1.165) is 43.5 Å². The lowest BCUT2D eigenvalue weighted by molar-refractivity contribution is -0.136. The quantitative estimate of drug-likeness (QED) is 0.899. The highest BCUT2D eigenvalue weighted by molar-refractivity contribution is 5.83. The molecule has 24 heavy (non-hydrogen) atoms. The number of rotatable bonds is 5. The average molecular weight is 329 g/mol. The maximum Gasteiger partial charge on any atom is 0.225 e. The number of anilines is 1. The van der Waals surface area contributed by atoms with Crippen LogP contribution in [0.2, 0.25) is 0 Å². The number of amides is 2. The number of carbonyl (C=O) groups excluding carboxylic acids is 2. The monoisotopic (exact) mass is 329 g/mol.